The Bertz CT molecular complexity index is 449. The van der Waals surface area contributed by atoms with Crippen LogP contribution in [0.1, 0.15) is 25.0 Å². The van der Waals surface area contributed by atoms with Crippen LogP contribution in [0.3, 0.4) is 0 Å². The van der Waals surface area contributed by atoms with Gasteiger partial charge in [0.05, 0.1) is 6.10 Å². The number of aliphatic hydroxyl groups excluding tert-OH is 1. The van der Waals surface area contributed by atoms with Gasteiger partial charge in [-0.05, 0) is 36.6 Å². The van der Waals surface area contributed by atoms with Crippen LogP contribution in [-0.4, -0.2) is 42.9 Å². The van der Waals surface area contributed by atoms with E-state index in [2.05, 4.69) is 11.8 Å². The van der Waals surface area contributed by atoms with Gasteiger partial charge in [0.1, 0.15) is 13.2 Å². The van der Waals surface area contributed by atoms with Gasteiger partial charge in [-0.25, -0.2) is 0 Å². The molecule has 2 atom stereocenters. The molecule has 1 aromatic carbocycles. The van der Waals surface area contributed by atoms with Crippen molar-refractivity contribution < 1.29 is 14.6 Å². The molecule has 0 saturated carbocycles. The Labute approximate surface area is 113 Å². The third kappa shape index (κ3) is 2.85. The normalized spacial score (nSPS) is 24.4. The maximum Gasteiger partial charge on any atom is 0.161 e. The third-order valence-electron chi connectivity index (χ3n) is 3.89. The van der Waals surface area contributed by atoms with Crippen molar-refractivity contribution in [3.8, 4) is 11.5 Å². The van der Waals surface area contributed by atoms with Crippen molar-refractivity contribution in [3.63, 3.8) is 0 Å². The summed E-state index contributed by atoms with van der Waals surface area (Å²) in [5.74, 6) is 2.27. The van der Waals surface area contributed by atoms with Gasteiger partial charge >= 0.3 is 0 Å². The Morgan fingerprint density at radius 3 is 2.84 bits per heavy atom. The zero-order chi connectivity index (χ0) is 13.2. The van der Waals surface area contributed by atoms with Gasteiger partial charge in [0.25, 0.3) is 0 Å². The Balaban J connectivity index is 1.67. The first-order valence-electron chi connectivity index (χ1n) is 7.02. The predicted octanol–water partition coefficient (Wildman–Crippen LogP) is 1.83. The van der Waals surface area contributed by atoms with Crippen molar-refractivity contribution >= 4 is 0 Å². The second-order valence-corrected chi connectivity index (χ2v) is 5.57. The number of benzene rings is 1. The van der Waals surface area contributed by atoms with Crippen molar-refractivity contribution in [1.82, 2.24) is 4.90 Å². The topological polar surface area (TPSA) is 41.9 Å². The van der Waals surface area contributed by atoms with E-state index in [-0.39, 0.29) is 0 Å². The van der Waals surface area contributed by atoms with E-state index in [1.54, 1.807) is 0 Å². The predicted molar refractivity (Wildman–Crippen MR) is 72.6 cm³/mol. The van der Waals surface area contributed by atoms with E-state index in [1.165, 1.54) is 6.42 Å². The van der Waals surface area contributed by atoms with Gasteiger partial charge in [-0.1, -0.05) is 13.0 Å². The molecule has 1 fully saturated rings. The standard InChI is InChI=1S/C15H21NO3/c1-11-4-5-16(9-11)10-13(17)12-2-3-14-15(8-12)19-7-6-18-14/h2-3,8,11,13,17H,4-7,9-10H2,1H3. The van der Waals surface area contributed by atoms with Crippen LogP contribution in [0.2, 0.25) is 0 Å². The number of hydrogen-bond donors (Lipinski definition) is 1. The van der Waals surface area contributed by atoms with Crippen molar-refractivity contribution in [1.29, 1.82) is 0 Å². The van der Waals surface area contributed by atoms with E-state index in [0.717, 1.165) is 36.1 Å². The third-order valence-corrected chi connectivity index (χ3v) is 3.89. The lowest BCUT2D eigenvalue weighted by Gasteiger charge is -2.22. The molecular weight excluding hydrogens is 242 g/mol. The first-order valence-corrected chi connectivity index (χ1v) is 7.02. The molecule has 2 heterocycles. The molecule has 0 bridgehead atoms. The Morgan fingerprint density at radius 2 is 2.11 bits per heavy atom. The maximum absolute atomic E-state index is 10.3. The first kappa shape index (κ1) is 12.8. The second-order valence-electron chi connectivity index (χ2n) is 5.57. The molecule has 1 aromatic rings. The number of likely N-dealkylation sites (tertiary alicyclic amines) is 1. The highest BCUT2D eigenvalue weighted by atomic mass is 16.6. The van der Waals surface area contributed by atoms with Crippen LogP contribution in [0.4, 0.5) is 0 Å². The van der Waals surface area contributed by atoms with Crippen LogP contribution >= 0.6 is 0 Å². The van der Waals surface area contributed by atoms with Gasteiger partial charge in [-0.3, -0.25) is 0 Å². The molecular formula is C15H21NO3. The number of fused-ring (bicyclic) bond motifs is 1. The quantitative estimate of drug-likeness (QED) is 0.903. The lowest BCUT2D eigenvalue weighted by atomic mass is 10.1. The molecule has 104 valence electrons. The van der Waals surface area contributed by atoms with E-state index >= 15 is 0 Å². The molecule has 4 nitrogen and oxygen atoms in total. The highest BCUT2D eigenvalue weighted by Crippen LogP contribution is 2.33. The number of β-amino-alcohol motifs (C(OH)–C–C–N with tert-alkyl or cyclic N) is 1. The summed E-state index contributed by atoms with van der Waals surface area (Å²) in [6.07, 6.45) is 0.773. The summed E-state index contributed by atoms with van der Waals surface area (Å²) in [7, 11) is 0. The lowest BCUT2D eigenvalue weighted by Crippen LogP contribution is -2.26. The SMILES string of the molecule is CC1CCN(CC(O)c2ccc3c(c2)OCCO3)C1. The summed E-state index contributed by atoms with van der Waals surface area (Å²) in [6, 6.07) is 5.72. The summed E-state index contributed by atoms with van der Waals surface area (Å²) in [5.41, 5.74) is 0.906. The summed E-state index contributed by atoms with van der Waals surface area (Å²) >= 11 is 0. The van der Waals surface area contributed by atoms with E-state index in [0.29, 0.717) is 19.8 Å². The van der Waals surface area contributed by atoms with E-state index in [9.17, 15) is 5.11 Å². The van der Waals surface area contributed by atoms with E-state index < -0.39 is 6.10 Å². The lowest BCUT2D eigenvalue weighted by molar-refractivity contribution is 0.123. The van der Waals surface area contributed by atoms with Crippen LogP contribution in [0.15, 0.2) is 18.2 Å². The molecule has 0 radical (unpaired) electrons. The summed E-state index contributed by atoms with van der Waals surface area (Å²) in [6.45, 7) is 6.31. The smallest absolute Gasteiger partial charge is 0.161 e. The summed E-state index contributed by atoms with van der Waals surface area (Å²) < 4.78 is 11.0. The van der Waals surface area contributed by atoms with Crippen LogP contribution in [0.25, 0.3) is 0 Å². The molecule has 4 heteroatoms. The largest absolute Gasteiger partial charge is 0.486 e. The molecule has 1 N–H and O–H groups in total. The van der Waals surface area contributed by atoms with Gasteiger partial charge in [0.15, 0.2) is 11.5 Å². The minimum Gasteiger partial charge on any atom is -0.486 e. The fourth-order valence-corrected chi connectivity index (χ4v) is 2.81. The zero-order valence-electron chi connectivity index (χ0n) is 11.3. The van der Waals surface area contributed by atoms with Crippen LogP contribution in [0.5, 0.6) is 11.5 Å². The number of aliphatic hydroxyl groups is 1. The summed E-state index contributed by atoms with van der Waals surface area (Å²) in [5, 5.41) is 10.3. The molecule has 2 aliphatic rings. The van der Waals surface area contributed by atoms with Crippen LogP contribution in [0, 0.1) is 5.92 Å². The molecule has 3 rings (SSSR count). The van der Waals surface area contributed by atoms with E-state index in [4.69, 9.17) is 9.47 Å². The van der Waals surface area contributed by atoms with Crippen molar-refractivity contribution in [2.75, 3.05) is 32.8 Å². The molecule has 2 aliphatic heterocycles. The summed E-state index contributed by atoms with van der Waals surface area (Å²) in [4.78, 5) is 2.33. The number of rotatable bonds is 3. The fourth-order valence-electron chi connectivity index (χ4n) is 2.81. The molecule has 2 unspecified atom stereocenters. The molecule has 0 spiro atoms. The van der Waals surface area contributed by atoms with Gasteiger partial charge in [0.2, 0.25) is 0 Å². The molecule has 1 saturated heterocycles. The average molecular weight is 263 g/mol. The second kappa shape index (κ2) is 5.39. The van der Waals surface area contributed by atoms with Gasteiger partial charge in [-0.2, -0.15) is 0 Å². The van der Waals surface area contributed by atoms with E-state index in [1.807, 2.05) is 18.2 Å². The highest BCUT2D eigenvalue weighted by molar-refractivity contribution is 5.44. The number of nitrogens with zero attached hydrogens (tertiary/aromatic N) is 1. The van der Waals surface area contributed by atoms with Crippen LogP contribution in [-0.2, 0) is 0 Å². The average Bonchev–Trinajstić information content (AvgIpc) is 2.83. The monoisotopic (exact) mass is 263 g/mol. The highest BCUT2D eigenvalue weighted by Gasteiger charge is 2.22. The van der Waals surface area contributed by atoms with Crippen molar-refractivity contribution in [3.05, 3.63) is 23.8 Å². The number of ether oxygens (including phenoxy) is 2. The van der Waals surface area contributed by atoms with Crippen LogP contribution < -0.4 is 9.47 Å². The van der Waals surface area contributed by atoms with Crippen molar-refractivity contribution in [2.45, 2.75) is 19.4 Å². The molecule has 0 aliphatic carbocycles. The Kier molecular flexibility index (Phi) is 3.62. The Hall–Kier alpha value is -1.26. The Morgan fingerprint density at radius 1 is 1.32 bits per heavy atom. The van der Waals surface area contributed by atoms with Gasteiger partial charge in [0, 0.05) is 13.1 Å². The number of hydrogen-bond acceptors (Lipinski definition) is 4. The first-order chi connectivity index (χ1) is 9.22. The fraction of sp³-hybridized carbons (Fsp3) is 0.600. The molecule has 0 aromatic heterocycles. The maximum atomic E-state index is 10.3. The zero-order valence-corrected chi connectivity index (χ0v) is 11.3. The minimum atomic E-state index is -0.457. The minimum absolute atomic E-state index is 0.457. The van der Waals surface area contributed by atoms with Gasteiger partial charge in [-0.15, -0.1) is 0 Å². The van der Waals surface area contributed by atoms with Gasteiger partial charge < -0.3 is 19.5 Å². The molecule has 0 amide bonds. The molecule has 19 heavy (non-hydrogen) atoms. The van der Waals surface area contributed by atoms with Crippen molar-refractivity contribution in [2.24, 2.45) is 5.92 Å².